The second-order valence-electron chi connectivity index (χ2n) is 8.76. The van der Waals surface area contributed by atoms with Crippen LogP contribution in [0.15, 0.2) is 34.1 Å². The van der Waals surface area contributed by atoms with Crippen LogP contribution < -0.4 is 9.06 Å². The summed E-state index contributed by atoms with van der Waals surface area (Å²) in [7, 11) is 0. The van der Waals surface area contributed by atoms with E-state index < -0.39 is 0 Å². The van der Waals surface area contributed by atoms with Crippen molar-refractivity contribution in [2.24, 2.45) is 0 Å². The number of unbranched alkanes of at least 4 members (excludes halogenated alkanes) is 6. The van der Waals surface area contributed by atoms with Crippen molar-refractivity contribution in [2.45, 2.75) is 75.0 Å². The molecule has 0 aromatic carbocycles. The monoisotopic (exact) mass is 606 g/mol. The summed E-state index contributed by atoms with van der Waals surface area (Å²) in [4.78, 5) is 2.55. The van der Waals surface area contributed by atoms with E-state index in [1.54, 1.807) is 11.3 Å². The lowest BCUT2D eigenvalue weighted by molar-refractivity contribution is 0.706. The molecular formula is C30H30N4S5. The van der Waals surface area contributed by atoms with Crippen LogP contribution in [0.25, 0.3) is 11.1 Å². The van der Waals surface area contributed by atoms with Gasteiger partial charge in [-0.1, -0.05) is 52.4 Å². The Morgan fingerprint density at radius 3 is 1.36 bits per heavy atom. The standard InChI is InChI=1S/C30H30N4S5/c1-3-5-7-9-15-35-29-27(25-13-11-23(37-25)21(17-31)18-32)39-28(30(29)36-16-10-8-6-4-2)26-14-12-24(38-26)22(19-33)20-34/h11-14H,3-10,15-16H2,1-2H3/b27-25-,28-26+. The molecule has 0 spiro atoms. The average Bonchev–Trinajstić information content (AvgIpc) is 3.70. The molecule has 39 heavy (non-hydrogen) atoms. The fourth-order valence-electron chi connectivity index (χ4n) is 3.85. The lowest BCUT2D eigenvalue weighted by atomic mass is 10.2. The number of hydrogen-bond acceptors (Lipinski definition) is 9. The predicted octanol–water partition coefficient (Wildman–Crippen LogP) is 8.19. The van der Waals surface area contributed by atoms with Crippen molar-refractivity contribution in [3.8, 4) is 24.3 Å². The zero-order chi connectivity index (χ0) is 28.0. The molecule has 3 aromatic heterocycles. The van der Waals surface area contributed by atoms with Crippen molar-refractivity contribution in [3.05, 3.63) is 51.5 Å². The summed E-state index contributed by atoms with van der Waals surface area (Å²) in [6, 6.07) is 15.9. The van der Waals surface area contributed by atoms with E-state index in [0.717, 1.165) is 33.4 Å². The first kappa shape index (κ1) is 31.0. The van der Waals surface area contributed by atoms with Gasteiger partial charge in [-0.15, -0.1) is 57.5 Å². The van der Waals surface area contributed by atoms with Gasteiger partial charge in [0.15, 0.2) is 0 Å². The number of nitriles is 4. The van der Waals surface area contributed by atoms with E-state index in [9.17, 15) is 21.0 Å². The second-order valence-corrected chi connectivity index (χ2v) is 14.2. The molecule has 0 N–H and O–H groups in total. The van der Waals surface area contributed by atoms with E-state index in [0.29, 0.717) is 9.06 Å². The molecule has 200 valence electrons. The highest BCUT2D eigenvalue weighted by molar-refractivity contribution is 8.02. The van der Waals surface area contributed by atoms with Gasteiger partial charge >= 0.3 is 0 Å². The first-order valence-corrected chi connectivity index (χ1v) is 17.5. The van der Waals surface area contributed by atoms with Crippen LogP contribution in [0.4, 0.5) is 0 Å². The topological polar surface area (TPSA) is 95.2 Å². The molecular weight excluding hydrogens is 577 g/mol. The minimum atomic E-state index is 0.140. The molecule has 0 aliphatic rings. The number of thioether (sulfide) groups is 2. The van der Waals surface area contributed by atoms with Crippen molar-refractivity contribution in [2.75, 3.05) is 11.5 Å². The Kier molecular flexibility index (Phi) is 13.2. The Morgan fingerprint density at radius 1 is 0.590 bits per heavy atom. The fraction of sp³-hybridized carbons (Fsp3) is 0.400. The third-order valence-corrected chi connectivity index (χ3v) is 12.4. The molecule has 0 unspecified atom stereocenters. The van der Waals surface area contributed by atoms with Crippen LogP contribution in [0, 0.1) is 63.5 Å². The SMILES string of the molecule is CCCCCCSc1c(SCCCCCC)/c(=c2/ccc(=C(C#N)C#N)s2)s/c1=c1/ccc(=C(C#N)C#N)s1. The Balaban J connectivity index is 2.33. The number of rotatable bonds is 12. The van der Waals surface area contributed by atoms with Gasteiger partial charge in [0.25, 0.3) is 0 Å². The highest BCUT2D eigenvalue weighted by atomic mass is 32.2. The molecule has 0 saturated heterocycles. The Labute approximate surface area is 250 Å². The molecule has 0 saturated carbocycles. The first-order chi connectivity index (χ1) is 19.1. The van der Waals surface area contributed by atoms with Gasteiger partial charge in [-0.2, -0.15) is 21.0 Å². The zero-order valence-corrected chi connectivity index (χ0v) is 26.3. The van der Waals surface area contributed by atoms with E-state index in [-0.39, 0.29) is 11.1 Å². The summed E-state index contributed by atoms with van der Waals surface area (Å²) in [5.41, 5.74) is 0.280. The molecule has 3 aromatic rings. The van der Waals surface area contributed by atoms with Crippen LogP contribution in [-0.2, 0) is 0 Å². The van der Waals surface area contributed by atoms with Gasteiger partial charge in [0.05, 0.1) is 18.1 Å². The van der Waals surface area contributed by atoms with Crippen LogP contribution in [-0.4, -0.2) is 11.5 Å². The third-order valence-electron chi connectivity index (χ3n) is 5.91. The summed E-state index contributed by atoms with van der Waals surface area (Å²) in [6.45, 7) is 4.45. The normalized spacial score (nSPS) is 12.3. The Hall–Kier alpha value is -2.50. The summed E-state index contributed by atoms with van der Waals surface area (Å²) in [6.07, 6.45) is 9.65. The molecule has 4 nitrogen and oxygen atoms in total. The van der Waals surface area contributed by atoms with Crippen molar-refractivity contribution in [1.29, 1.82) is 21.0 Å². The van der Waals surface area contributed by atoms with Crippen molar-refractivity contribution >= 4 is 68.7 Å². The van der Waals surface area contributed by atoms with Crippen LogP contribution in [0.5, 0.6) is 0 Å². The number of hydrogen-bond donors (Lipinski definition) is 0. The van der Waals surface area contributed by atoms with Gasteiger partial charge in [0.1, 0.15) is 35.4 Å². The Bertz CT molecular complexity index is 1590. The van der Waals surface area contributed by atoms with E-state index in [2.05, 4.69) is 13.8 Å². The minimum absolute atomic E-state index is 0.140. The molecule has 0 atom stereocenters. The quantitative estimate of drug-likeness (QED) is 0.152. The zero-order valence-electron chi connectivity index (χ0n) is 22.2. The highest BCUT2D eigenvalue weighted by Crippen LogP contribution is 2.39. The lowest BCUT2D eigenvalue weighted by Crippen LogP contribution is -1.94. The highest BCUT2D eigenvalue weighted by Gasteiger charge is 2.14. The summed E-state index contributed by atoms with van der Waals surface area (Å²) in [5.74, 6) is 2.07. The molecule has 0 aliphatic carbocycles. The molecule has 3 heterocycles. The van der Waals surface area contributed by atoms with Gasteiger partial charge < -0.3 is 0 Å². The van der Waals surface area contributed by atoms with E-state index in [4.69, 9.17) is 0 Å². The minimum Gasteiger partial charge on any atom is -0.192 e. The van der Waals surface area contributed by atoms with Gasteiger partial charge in [-0.3, -0.25) is 0 Å². The second kappa shape index (κ2) is 16.6. The summed E-state index contributed by atoms with van der Waals surface area (Å²) < 4.78 is 5.86. The van der Waals surface area contributed by atoms with Crippen LogP contribution in [0.3, 0.4) is 0 Å². The number of thiophene rings is 3. The van der Waals surface area contributed by atoms with Gasteiger partial charge in [-0.05, 0) is 48.6 Å². The fourth-order valence-corrected chi connectivity index (χ4v) is 10.3. The molecule has 3 rings (SSSR count). The van der Waals surface area contributed by atoms with Gasteiger partial charge in [0.2, 0.25) is 0 Å². The average molecular weight is 607 g/mol. The summed E-state index contributed by atoms with van der Waals surface area (Å²) in [5, 5.41) is 37.6. The predicted molar refractivity (Wildman–Crippen MR) is 167 cm³/mol. The first-order valence-electron chi connectivity index (χ1n) is 13.1. The molecule has 0 fully saturated rings. The smallest absolute Gasteiger partial charge is 0.146 e. The number of nitrogens with zero attached hydrogens (tertiary/aromatic N) is 4. The molecule has 0 bridgehead atoms. The van der Waals surface area contributed by atoms with E-state index in [1.165, 1.54) is 80.1 Å². The summed E-state index contributed by atoms with van der Waals surface area (Å²) >= 11 is 8.54. The Morgan fingerprint density at radius 2 is 1.00 bits per heavy atom. The lowest BCUT2D eigenvalue weighted by Gasteiger charge is -2.05. The molecule has 0 amide bonds. The molecule has 0 aliphatic heterocycles. The maximum absolute atomic E-state index is 9.39. The van der Waals surface area contributed by atoms with Crippen molar-refractivity contribution in [3.63, 3.8) is 0 Å². The van der Waals surface area contributed by atoms with Crippen LogP contribution in [0.1, 0.15) is 65.2 Å². The van der Waals surface area contributed by atoms with Crippen molar-refractivity contribution in [1.82, 2.24) is 0 Å². The van der Waals surface area contributed by atoms with Gasteiger partial charge in [-0.25, -0.2) is 0 Å². The van der Waals surface area contributed by atoms with Crippen LogP contribution >= 0.6 is 57.5 Å². The maximum atomic E-state index is 9.39. The van der Waals surface area contributed by atoms with E-state index >= 15 is 0 Å². The maximum Gasteiger partial charge on any atom is 0.146 e. The largest absolute Gasteiger partial charge is 0.192 e. The van der Waals surface area contributed by atoms with E-state index in [1.807, 2.05) is 72.1 Å². The van der Waals surface area contributed by atoms with Crippen molar-refractivity contribution < 1.29 is 0 Å². The molecule has 9 heteroatoms. The van der Waals surface area contributed by atoms with Crippen LogP contribution in [0.2, 0.25) is 0 Å². The van der Waals surface area contributed by atoms with Gasteiger partial charge in [0, 0.05) is 18.9 Å². The third kappa shape index (κ3) is 8.25. The molecule has 0 radical (unpaired) electrons.